The monoisotopic (exact) mass is 455 g/mol. The van der Waals surface area contributed by atoms with Gasteiger partial charge < -0.3 is 20.3 Å². The van der Waals surface area contributed by atoms with Crippen LogP contribution in [0.25, 0.3) is 0 Å². The van der Waals surface area contributed by atoms with Crippen LogP contribution in [-0.2, 0) is 4.79 Å². The van der Waals surface area contributed by atoms with E-state index in [2.05, 4.69) is 16.7 Å². The summed E-state index contributed by atoms with van der Waals surface area (Å²) in [5.41, 5.74) is 2.94. The van der Waals surface area contributed by atoms with Gasteiger partial charge in [0.05, 0.1) is 6.61 Å². The number of rotatable bonds is 8. The van der Waals surface area contributed by atoms with E-state index >= 15 is 0 Å². The number of carbonyl (C=O) groups is 2. The second-order valence-electron chi connectivity index (χ2n) is 8.79. The third-order valence-electron chi connectivity index (χ3n) is 5.18. The molecule has 2 aromatic rings. The van der Waals surface area contributed by atoms with Gasteiger partial charge in [-0.15, -0.1) is 0 Å². The predicted molar refractivity (Wildman–Crippen MR) is 133 cm³/mol. The second-order valence-corrected chi connectivity index (χ2v) is 9.20. The summed E-state index contributed by atoms with van der Waals surface area (Å²) in [7, 11) is 3.41. The third kappa shape index (κ3) is 7.34. The van der Waals surface area contributed by atoms with Crippen LogP contribution in [-0.4, -0.2) is 42.5 Å². The van der Waals surface area contributed by atoms with Crippen LogP contribution in [0.2, 0.25) is 0 Å². The number of amides is 2. The van der Waals surface area contributed by atoms with Gasteiger partial charge in [-0.2, -0.15) is 0 Å². The lowest BCUT2D eigenvalue weighted by Crippen LogP contribution is -2.42. The van der Waals surface area contributed by atoms with E-state index in [4.69, 9.17) is 17.0 Å². The Morgan fingerprint density at radius 1 is 1.06 bits per heavy atom. The molecule has 7 heteroatoms. The molecule has 2 aromatic carbocycles. The highest BCUT2D eigenvalue weighted by molar-refractivity contribution is 7.80. The van der Waals surface area contributed by atoms with Crippen molar-refractivity contribution in [2.24, 2.45) is 5.41 Å². The van der Waals surface area contributed by atoms with Crippen molar-refractivity contribution < 1.29 is 14.3 Å². The normalized spacial score (nSPS) is 10.9. The van der Waals surface area contributed by atoms with Crippen molar-refractivity contribution in [3.05, 3.63) is 59.2 Å². The summed E-state index contributed by atoms with van der Waals surface area (Å²) in [5.74, 6) is 0.660. The molecule has 0 aliphatic carbocycles. The Morgan fingerprint density at radius 2 is 1.72 bits per heavy atom. The van der Waals surface area contributed by atoms with Crippen molar-refractivity contribution in [1.29, 1.82) is 0 Å². The predicted octanol–water partition coefficient (Wildman–Crippen LogP) is 4.70. The van der Waals surface area contributed by atoms with Crippen LogP contribution in [0.5, 0.6) is 5.75 Å². The first-order valence-electron chi connectivity index (χ1n) is 10.6. The van der Waals surface area contributed by atoms with Crippen molar-refractivity contribution in [2.75, 3.05) is 26.0 Å². The number of hydrogen-bond donors (Lipinski definition) is 2. The fourth-order valence-corrected chi connectivity index (χ4v) is 3.27. The Balaban J connectivity index is 1.81. The van der Waals surface area contributed by atoms with Crippen molar-refractivity contribution in [3.63, 3.8) is 0 Å². The minimum Gasteiger partial charge on any atom is -0.493 e. The lowest BCUT2D eigenvalue weighted by molar-refractivity contribution is -0.128. The smallest absolute Gasteiger partial charge is 0.253 e. The first-order valence-corrected chi connectivity index (χ1v) is 11.0. The Hall–Kier alpha value is -2.93. The van der Waals surface area contributed by atoms with Gasteiger partial charge in [0.1, 0.15) is 5.75 Å². The number of thiocarbonyl (C=S) groups is 1. The number of benzene rings is 2. The van der Waals surface area contributed by atoms with Crippen LogP contribution < -0.4 is 15.4 Å². The maximum Gasteiger partial charge on any atom is 0.253 e. The number of nitrogens with one attached hydrogen (secondary N) is 2. The van der Waals surface area contributed by atoms with E-state index in [1.165, 1.54) is 4.90 Å². The van der Waals surface area contributed by atoms with E-state index in [1.54, 1.807) is 38.4 Å². The molecule has 6 nitrogen and oxygen atoms in total. The minimum absolute atomic E-state index is 0.0734. The van der Waals surface area contributed by atoms with Crippen LogP contribution in [0.4, 0.5) is 5.69 Å². The van der Waals surface area contributed by atoms with Gasteiger partial charge in [-0.05, 0) is 80.4 Å². The van der Waals surface area contributed by atoms with Gasteiger partial charge in [0.25, 0.3) is 5.91 Å². The Morgan fingerprint density at radius 3 is 2.34 bits per heavy atom. The van der Waals surface area contributed by atoms with Crippen LogP contribution in [0.15, 0.2) is 42.5 Å². The van der Waals surface area contributed by atoms with Gasteiger partial charge in [0.15, 0.2) is 5.11 Å². The molecule has 32 heavy (non-hydrogen) atoms. The first kappa shape index (κ1) is 25.3. The summed E-state index contributed by atoms with van der Waals surface area (Å²) in [4.78, 5) is 26.2. The molecule has 0 bridgehead atoms. The molecule has 0 saturated carbocycles. The molecule has 0 aromatic heterocycles. The molecule has 0 spiro atoms. The van der Waals surface area contributed by atoms with E-state index in [1.807, 2.05) is 39.8 Å². The Bertz CT molecular complexity index is 969. The van der Waals surface area contributed by atoms with Crippen LogP contribution in [0.1, 0.15) is 48.2 Å². The molecule has 2 rings (SSSR count). The van der Waals surface area contributed by atoms with Gasteiger partial charge in [-0.1, -0.05) is 26.0 Å². The number of aryl methyl sites for hydroxylation is 2. The van der Waals surface area contributed by atoms with Crippen molar-refractivity contribution in [3.8, 4) is 5.75 Å². The molecule has 172 valence electrons. The standard InChI is InChI=1S/C25H33N3O3S/c1-17-8-9-18(2)21(16-17)31-15-7-14-25(3,4)23(30)27-24(32)26-20-12-10-19(11-13-20)22(29)28(5)6/h8-13,16H,7,14-15H2,1-6H3,(H2,26,27,30,32). The van der Waals surface area contributed by atoms with Gasteiger partial charge in [0.2, 0.25) is 5.91 Å². The molecule has 0 radical (unpaired) electrons. The average Bonchev–Trinajstić information content (AvgIpc) is 2.73. The quantitative estimate of drug-likeness (QED) is 0.446. The molecule has 2 amide bonds. The summed E-state index contributed by atoms with van der Waals surface area (Å²) in [6.07, 6.45) is 1.41. The summed E-state index contributed by atoms with van der Waals surface area (Å²) in [6, 6.07) is 13.1. The van der Waals surface area contributed by atoms with E-state index in [9.17, 15) is 9.59 Å². The molecule has 0 aliphatic rings. The SMILES string of the molecule is Cc1ccc(C)c(OCCCC(C)(C)C(=O)NC(=S)Nc2ccc(C(=O)N(C)C)cc2)c1. The molecule has 0 aliphatic heterocycles. The highest BCUT2D eigenvalue weighted by atomic mass is 32.1. The van der Waals surface area contributed by atoms with E-state index in [-0.39, 0.29) is 16.9 Å². The average molecular weight is 456 g/mol. The van der Waals surface area contributed by atoms with Gasteiger partial charge in [-0.3, -0.25) is 9.59 Å². The van der Waals surface area contributed by atoms with E-state index in [0.29, 0.717) is 24.3 Å². The minimum atomic E-state index is -0.598. The number of carbonyl (C=O) groups excluding carboxylic acids is 2. The first-order chi connectivity index (χ1) is 15.0. The van der Waals surface area contributed by atoms with Crippen LogP contribution in [0, 0.1) is 19.3 Å². The van der Waals surface area contributed by atoms with E-state index < -0.39 is 5.41 Å². The molecular weight excluding hydrogens is 422 g/mol. The van der Waals surface area contributed by atoms with Crippen LogP contribution >= 0.6 is 12.2 Å². The Labute approximate surface area is 196 Å². The zero-order chi connectivity index (χ0) is 23.9. The molecule has 0 saturated heterocycles. The van der Waals surface area contributed by atoms with E-state index in [0.717, 1.165) is 23.3 Å². The van der Waals surface area contributed by atoms with Gasteiger partial charge >= 0.3 is 0 Å². The number of ether oxygens (including phenoxy) is 1. The molecule has 0 unspecified atom stereocenters. The largest absolute Gasteiger partial charge is 0.493 e. The molecule has 0 atom stereocenters. The molecular formula is C25H33N3O3S. The summed E-state index contributed by atoms with van der Waals surface area (Å²) in [5, 5.41) is 5.98. The lowest BCUT2D eigenvalue weighted by atomic mass is 9.87. The lowest BCUT2D eigenvalue weighted by Gasteiger charge is -2.24. The second kappa shape index (κ2) is 11.1. The fraction of sp³-hybridized carbons (Fsp3) is 0.400. The maximum absolute atomic E-state index is 12.7. The molecule has 0 fully saturated rings. The number of hydrogen-bond acceptors (Lipinski definition) is 4. The third-order valence-corrected chi connectivity index (χ3v) is 5.39. The summed E-state index contributed by atoms with van der Waals surface area (Å²) < 4.78 is 5.90. The summed E-state index contributed by atoms with van der Waals surface area (Å²) >= 11 is 5.29. The van der Waals surface area contributed by atoms with Gasteiger partial charge in [0, 0.05) is 30.8 Å². The van der Waals surface area contributed by atoms with Crippen LogP contribution in [0.3, 0.4) is 0 Å². The van der Waals surface area contributed by atoms with Crippen molar-refractivity contribution in [1.82, 2.24) is 10.2 Å². The maximum atomic E-state index is 12.7. The highest BCUT2D eigenvalue weighted by Gasteiger charge is 2.28. The number of anilines is 1. The number of nitrogens with zero attached hydrogens (tertiary/aromatic N) is 1. The summed E-state index contributed by atoms with van der Waals surface area (Å²) in [6.45, 7) is 8.39. The zero-order valence-corrected chi connectivity index (χ0v) is 20.6. The Kier molecular flexibility index (Phi) is 8.78. The highest BCUT2D eigenvalue weighted by Crippen LogP contribution is 2.24. The zero-order valence-electron chi connectivity index (χ0n) is 19.7. The topological polar surface area (TPSA) is 70.7 Å². The molecule has 0 heterocycles. The van der Waals surface area contributed by atoms with Crippen molar-refractivity contribution in [2.45, 2.75) is 40.5 Å². The van der Waals surface area contributed by atoms with Gasteiger partial charge in [-0.25, -0.2) is 0 Å². The van der Waals surface area contributed by atoms with Crippen molar-refractivity contribution >= 4 is 34.8 Å². The fourth-order valence-electron chi connectivity index (χ4n) is 3.06. The molecule has 2 N–H and O–H groups in total.